The van der Waals surface area contributed by atoms with E-state index < -0.39 is 0 Å². The Kier molecular flexibility index (Phi) is 5.33. The molecular formula is C18H21N. The monoisotopic (exact) mass is 251 g/mol. The third-order valence-electron chi connectivity index (χ3n) is 3.64. The summed E-state index contributed by atoms with van der Waals surface area (Å²) >= 11 is 0. The van der Waals surface area contributed by atoms with Gasteiger partial charge in [-0.25, -0.2) is 0 Å². The molecule has 1 rings (SSSR count). The van der Waals surface area contributed by atoms with Gasteiger partial charge in [0.25, 0.3) is 0 Å². The average Bonchev–Trinajstić information content (AvgIpc) is 2.45. The number of hydrogen-bond acceptors (Lipinski definition) is 1. The molecule has 0 saturated heterocycles. The maximum Gasteiger partial charge on any atom is 0.0991 e. The topological polar surface area (TPSA) is 23.8 Å². The molecule has 0 N–H and O–H groups in total. The molecule has 98 valence electrons. The van der Waals surface area contributed by atoms with E-state index in [0.29, 0.717) is 17.4 Å². The van der Waals surface area contributed by atoms with Gasteiger partial charge in [-0.1, -0.05) is 50.3 Å². The van der Waals surface area contributed by atoms with E-state index in [1.165, 1.54) is 5.57 Å². The zero-order chi connectivity index (χ0) is 14.4. The van der Waals surface area contributed by atoms with Crippen LogP contribution in [-0.4, -0.2) is 0 Å². The summed E-state index contributed by atoms with van der Waals surface area (Å²) in [4.78, 5) is 0. The van der Waals surface area contributed by atoms with Crippen LogP contribution in [0.5, 0.6) is 0 Å². The molecule has 0 fully saturated rings. The quantitative estimate of drug-likeness (QED) is 0.535. The van der Waals surface area contributed by atoms with Gasteiger partial charge in [0.05, 0.1) is 11.6 Å². The van der Waals surface area contributed by atoms with Gasteiger partial charge in [0.2, 0.25) is 0 Å². The molecule has 0 saturated carbocycles. The van der Waals surface area contributed by atoms with Crippen molar-refractivity contribution in [2.45, 2.75) is 20.8 Å². The predicted molar refractivity (Wildman–Crippen MR) is 82.5 cm³/mol. The Morgan fingerprint density at radius 2 is 2.05 bits per heavy atom. The summed E-state index contributed by atoms with van der Waals surface area (Å²) in [6.45, 7) is 14.4. The van der Waals surface area contributed by atoms with Gasteiger partial charge < -0.3 is 0 Å². The Morgan fingerprint density at radius 1 is 1.37 bits per heavy atom. The fourth-order valence-electron chi connectivity index (χ4n) is 1.90. The van der Waals surface area contributed by atoms with Crippen molar-refractivity contribution in [3.8, 4) is 6.07 Å². The van der Waals surface area contributed by atoms with Crippen molar-refractivity contribution in [1.29, 1.82) is 5.26 Å². The van der Waals surface area contributed by atoms with Gasteiger partial charge in [-0.15, -0.1) is 6.58 Å². The molecule has 0 aliphatic heterocycles. The molecule has 1 nitrogen and oxygen atoms in total. The third kappa shape index (κ3) is 3.96. The van der Waals surface area contributed by atoms with Crippen LogP contribution in [0.4, 0.5) is 0 Å². The molecular weight excluding hydrogens is 230 g/mol. The van der Waals surface area contributed by atoms with E-state index in [2.05, 4.69) is 46.1 Å². The lowest BCUT2D eigenvalue weighted by Gasteiger charge is -2.17. The van der Waals surface area contributed by atoms with E-state index in [9.17, 15) is 0 Å². The molecule has 0 aromatic heterocycles. The highest BCUT2D eigenvalue weighted by Crippen LogP contribution is 2.24. The molecule has 0 bridgehead atoms. The average molecular weight is 251 g/mol. The van der Waals surface area contributed by atoms with E-state index in [-0.39, 0.29) is 0 Å². The summed E-state index contributed by atoms with van der Waals surface area (Å²) in [5.74, 6) is 0.878. The highest BCUT2D eigenvalue weighted by Gasteiger charge is 2.10. The van der Waals surface area contributed by atoms with E-state index in [0.717, 1.165) is 11.1 Å². The lowest BCUT2D eigenvalue weighted by atomic mass is 9.88. The molecule has 1 aromatic carbocycles. The largest absolute Gasteiger partial charge is 0.192 e. The number of rotatable bonds is 5. The fourth-order valence-corrected chi connectivity index (χ4v) is 1.90. The van der Waals surface area contributed by atoms with Crippen LogP contribution in [0.25, 0.3) is 5.57 Å². The van der Waals surface area contributed by atoms with Crippen LogP contribution in [0.1, 0.15) is 31.9 Å². The Balaban J connectivity index is 2.95. The van der Waals surface area contributed by atoms with Crippen LogP contribution < -0.4 is 0 Å². The van der Waals surface area contributed by atoms with Crippen molar-refractivity contribution in [1.82, 2.24) is 0 Å². The van der Waals surface area contributed by atoms with Crippen LogP contribution in [0.3, 0.4) is 0 Å². The maximum atomic E-state index is 8.91. The highest BCUT2D eigenvalue weighted by atomic mass is 14.2. The summed E-state index contributed by atoms with van der Waals surface area (Å²) in [5, 5.41) is 8.91. The standard InChI is InChI=1S/C18H21N/c1-6-13(2)16(5)14(3)10-15(4)18-9-7-8-17(11-18)12-19/h6-11,13,16H,1,4H2,2-3,5H3/b14-10+. The van der Waals surface area contributed by atoms with E-state index in [1.807, 2.05) is 24.3 Å². The summed E-state index contributed by atoms with van der Waals surface area (Å²) in [6.07, 6.45) is 4.07. The third-order valence-corrected chi connectivity index (χ3v) is 3.64. The van der Waals surface area contributed by atoms with Crippen LogP contribution in [0, 0.1) is 23.2 Å². The summed E-state index contributed by atoms with van der Waals surface area (Å²) in [6, 6.07) is 9.69. The molecule has 1 heteroatoms. The lowest BCUT2D eigenvalue weighted by molar-refractivity contribution is 0.531. The Hall–Kier alpha value is -2.07. The lowest BCUT2D eigenvalue weighted by Crippen LogP contribution is -2.06. The summed E-state index contributed by atoms with van der Waals surface area (Å²) < 4.78 is 0. The van der Waals surface area contributed by atoms with Crippen molar-refractivity contribution in [3.63, 3.8) is 0 Å². The molecule has 0 aliphatic rings. The van der Waals surface area contributed by atoms with E-state index in [4.69, 9.17) is 5.26 Å². The first kappa shape index (κ1) is 15.0. The normalized spacial score (nSPS) is 14.3. The van der Waals surface area contributed by atoms with Crippen molar-refractivity contribution < 1.29 is 0 Å². The molecule has 0 amide bonds. The van der Waals surface area contributed by atoms with Crippen LogP contribution in [0.15, 0.2) is 55.1 Å². The second-order valence-corrected chi connectivity index (χ2v) is 4.99. The van der Waals surface area contributed by atoms with Gasteiger partial charge in [-0.2, -0.15) is 5.26 Å². The van der Waals surface area contributed by atoms with Crippen LogP contribution in [0.2, 0.25) is 0 Å². The van der Waals surface area contributed by atoms with Gasteiger partial charge in [0, 0.05) is 0 Å². The first-order valence-electron chi connectivity index (χ1n) is 6.49. The first-order chi connectivity index (χ1) is 8.99. The minimum atomic E-state index is 0.438. The fraction of sp³-hybridized carbons (Fsp3) is 0.278. The van der Waals surface area contributed by atoms with Gasteiger partial charge in [0.15, 0.2) is 0 Å². The van der Waals surface area contributed by atoms with E-state index in [1.54, 1.807) is 6.07 Å². The van der Waals surface area contributed by atoms with Crippen LogP contribution >= 0.6 is 0 Å². The number of hydrogen-bond donors (Lipinski definition) is 0. The Labute approximate surface area is 116 Å². The molecule has 19 heavy (non-hydrogen) atoms. The molecule has 2 atom stereocenters. The van der Waals surface area contributed by atoms with Crippen molar-refractivity contribution in [3.05, 3.63) is 66.3 Å². The van der Waals surface area contributed by atoms with Gasteiger partial charge in [-0.3, -0.25) is 0 Å². The zero-order valence-electron chi connectivity index (χ0n) is 12.0. The molecule has 0 radical (unpaired) electrons. The molecule has 0 heterocycles. The Bertz CT molecular complexity index is 543. The highest BCUT2D eigenvalue weighted by molar-refractivity contribution is 5.73. The molecule has 0 spiro atoms. The van der Waals surface area contributed by atoms with E-state index >= 15 is 0 Å². The molecule has 0 aliphatic carbocycles. The number of allylic oxidation sites excluding steroid dienone is 4. The smallest absolute Gasteiger partial charge is 0.0991 e. The molecule has 2 unspecified atom stereocenters. The zero-order valence-corrected chi connectivity index (χ0v) is 12.0. The SMILES string of the molecule is C=CC(C)C(C)/C(C)=C/C(=C)c1cccc(C#N)c1. The van der Waals surface area contributed by atoms with Crippen LogP contribution in [-0.2, 0) is 0 Å². The van der Waals surface area contributed by atoms with Gasteiger partial charge in [-0.05, 0) is 42.0 Å². The second-order valence-electron chi connectivity index (χ2n) is 4.99. The van der Waals surface area contributed by atoms with Gasteiger partial charge >= 0.3 is 0 Å². The van der Waals surface area contributed by atoms with Gasteiger partial charge in [0.1, 0.15) is 0 Å². The second kappa shape index (κ2) is 6.75. The minimum absolute atomic E-state index is 0.438. The number of nitriles is 1. The van der Waals surface area contributed by atoms with Crippen molar-refractivity contribution >= 4 is 5.57 Å². The Morgan fingerprint density at radius 3 is 2.63 bits per heavy atom. The first-order valence-corrected chi connectivity index (χ1v) is 6.49. The summed E-state index contributed by atoms with van der Waals surface area (Å²) in [7, 11) is 0. The van der Waals surface area contributed by atoms with Crippen molar-refractivity contribution in [2.24, 2.45) is 11.8 Å². The maximum absolute atomic E-state index is 8.91. The molecule has 1 aromatic rings. The van der Waals surface area contributed by atoms with Crippen molar-refractivity contribution in [2.75, 3.05) is 0 Å². The summed E-state index contributed by atoms with van der Waals surface area (Å²) in [5.41, 5.74) is 3.88. The number of nitrogens with zero attached hydrogens (tertiary/aromatic N) is 1. The predicted octanol–water partition coefficient (Wildman–Crippen LogP) is 4.98. The minimum Gasteiger partial charge on any atom is -0.192 e. The number of benzene rings is 1.